The van der Waals surface area contributed by atoms with Crippen LogP contribution in [0.1, 0.15) is 20.8 Å². The number of carbonyl (C=O) groups excluding carboxylic acids is 1. The summed E-state index contributed by atoms with van der Waals surface area (Å²) in [7, 11) is 0. The Labute approximate surface area is 89.4 Å². The molecular weight excluding hydrogens is 194 g/mol. The maximum atomic E-state index is 11.2. The lowest BCUT2D eigenvalue weighted by molar-refractivity contribution is 0.112. The number of amides is 1. The highest BCUT2D eigenvalue weighted by Crippen LogP contribution is 1.93. The van der Waals surface area contributed by atoms with Gasteiger partial charge in [-0.3, -0.25) is 4.68 Å². The average molecular weight is 211 g/mol. The number of hydrogen-bond acceptors (Lipinski definition) is 3. The van der Waals surface area contributed by atoms with Crippen molar-refractivity contribution in [1.82, 2.24) is 15.1 Å². The molecule has 0 saturated carbocycles. The summed E-state index contributed by atoms with van der Waals surface area (Å²) in [6, 6.07) is 1.84. The van der Waals surface area contributed by atoms with Gasteiger partial charge in [0, 0.05) is 18.4 Å². The second-order valence-electron chi connectivity index (χ2n) is 3.73. The van der Waals surface area contributed by atoms with E-state index in [1.807, 2.05) is 33.0 Å². The first-order chi connectivity index (χ1) is 7.08. The Kier molecular flexibility index (Phi) is 4.15. The van der Waals surface area contributed by atoms with Gasteiger partial charge in [0.15, 0.2) is 0 Å². The topological polar surface area (TPSA) is 56.2 Å². The van der Waals surface area contributed by atoms with Crippen LogP contribution in [0.15, 0.2) is 18.5 Å². The molecule has 1 aromatic rings. The van der Waals surface area contributed by atoms with E-state index in [1.54, 1.807) is 10.9 Å². The molecule has 0 radical (unpaired) electrons. The standard InChI is InChI=1S/C10H17N3O2/c1-8(2)15-10(14)12-9(3)7-13-6-4-5-11-13/h4-6,8-9H,7H2,1-3H3,(H,12,14). The van der Waals surface area contributed by atoms with Crippen molar-refractivity contribution in [2.75, 3.05) is 0 Å². The van der Waals surface area contributed by atoms with Crippen molar-refractivity contribution < 1.29 is 9.53 Å². The number of carbonyl (C=O) groups is 1. The summed E-state index contributed by atoms with van der Waals surface area (Å²) in [5, 5.41) is 6.78. The van der Waals surface area contributed by atoms with Crippen LogP contribution in [0.5, 0.6) is 0 Å². The molecule has 0 spiro atoms. The van der Waals surface area contributed by atoms with Crippen LogP contribution < -0.4 is 5.32 Å². The number of aromatic nitrogens is 2. The molecule has 1 unspecified atom stereocenters. The van der Waals surface area contributed by atoms with Crippen molar-refractivity contribution in [3.8, 4) is 0 Å². The molecule has 0 aromatic carbocycles. The van der Waals surface area contributed by atoms with E-state index in [0.29, 0.717) is 6.54 Å². The Hall–Kier alpha value is -1.52. The van der Waals surface area contributed by atoms with Crippen LogP contribution in [0, 0.1) is 0 Å². The lowest BCUT2D eigenvalue weighted by Gasteiger charge is -2.15. The van der Waals surface area contributed by atoms with Crippen LogP contribution in [0.25, 0.3) is 0 Å². The van der Waals surface area contributed by atoms with E-state index in [1.165, 1.54) is 0 Å². The predicted octanol–water partition coefficient (Wildman–Crippen LogP) is 1.41. The maximum Gasteiger partial charge on any atom is 0.407 e. The molecule has 0 bridgehead atoms. The van der Waals surface area contributed by atoms with Gasteiger partial charge in [-0.2, -0.15) is 5.10 Å². The Morgan fingerprint density at radius 3 is 2.80 bits per heavy atom. The number of ether oxygens (including phenoxy) is 1. The largest absolute Gasteiger partial charge is 0.447 e. The Bertz CT molecular complexity index is 296. The molecule has 84 valence electrons. The van der Waals surface area contributed by atoms with E-state index in [9.17, 15) is 4.79 Å². The molecule has 15 heavy (non-hydrogen) atoms. The molecule has 1 heterocycles. The fraction of sp³-hybridized carbons (Fsp3) is 0.600. The Balaban J connectivity index is 2.29. The zero-order valence-corrected chi connectivity index (χ0v) is 9.30. The molecule has 0 saturated heterocycles. The van der Waals surface area contributed by atoms with E-state index in [0.717, 1.165) is 0 Å². The number of nitrogens with zero attached hydrogens (tertiary/aromatic N) is 2. The minimum Gasteiger partial charge on any atom is -0.447 e. The van der Waals surface area contributed by atoms with Gasteiger partial charge in [-0.1, -0.05) is 0 Å². The normalized spacial score (nSPS) is 12.5. The van der Waals surface area contributed by atoms with Crippen molar-refractivity contribution in [3.05, 3.63) is 18.5 Å². The Morgan fingerprint density at radius 2 is 2.27 bits per heavy atom. The van der Waals surface area contributed by atoms with Gasteiger partial charge in [0.25, 0.3) is 0 Å². The summed E-state index contributed by atoms with van der Waals surface area (Å²) in [4.78, 5) is 11.2. The van der Waals surface area contributed by atoms with Gasteiger partial charge in [0.1, 0.15) is 0 Å². The van der Waals surface area contributed by atoms with E-state index < -0.39 is 0 Å². The second-order valence-corrected chi connectivity index (χ2v) is 3.73. The van der Waals surface area contributed by atoms with Crippen molar-refractivity contribution in [2.45, 2.75) is 39.5 Å². The zero-order chi connectivity index (χ0) is 11.3. The summed E-state index contributed by atoms with van der Waals surface area (Å²) in [5.41, 5.74) is 0. The third-order valence-corrected chi connectivity index (χ3v) is 1.73. The summed E-state index contributed by atoms with van der Waals surface area (Å²) >= 11 is 0. The van der Waals surface area contributed by atoms with Gasteiger partial charge in [-0.25, -0.2) is 4.79 Å². The van der Waals surface area contributed by atoms with Crippen LogP contribution in [-0.4, -0.2) is 28.0 Å². The molecule has 5 nitrogen and oxygen atoms in total. The molecule has 1 rings (SSSR count). The van der Waals surface area contributed by atoms with Gasteiger partial charge in [-0.15, -0.1) is 0 Å². The monoisotopic (exact) mass is 211 g/mol. The smallest absolute Gasteiger partial charge is 0.407 e. The average Bonchev–Trinajstić information content (AvgIpc) is 2.53. The van der Waals surface area contributed by atoms with Crippen LogP contribution in [0.2, 0.25) is 0 Å². The third-order valence-electron chi connectivity index (χ3n) is 1.73. The summed E-state index contributed by atoms with van der Waals surface area (Å²) in [5.74, 6) is 0. The van der Waals surface area contributed by atoms with Gasteiger partial charge in [0.05, 0.1) is 12.6 Å². The molecule has 0 aliphatic heterocycles. The molecule has 0 fully saturated rings. The molecule has 0 aliphatic carbocycles. The van der Waals surface area contributed by atoms with Gasteiger partial charge >= 0.3 is 6.09 Å². The molecule has 0 aliphatic rings. The van der Waals surface area contributed by atoms with E-state index in [4.69, 9.17) is 4.74 Å². The SMILES string of the molecule is CC(Cn1cccn1)NC(=O)OC(C)C. The first-order valence-electron chi connectivity index (χ1n) is 5.02. The third kappa shape index (κ3) is 4.49. The van der Waals surface area contributed by atoms with Crippen LogP contribution >= 0.6 is 0 Å². The van der Waals surface area contributed by atoms with Crippen LogP contribution in [-0.2, 0) is 11.3 Å². The molecule has 5 heteroatoms. The van der Waals surface area contributed by atoms with Crippen molar-refractivity contribution in [3.63, 3.8) is 0 Å². The highest BCUT2D eigenvalue weighted by atomic mass is 16.6. The zero-order valence-electron chi connectivity index (χ0n) is 9.30. The van der Waals surface area contributed by atoms with Gasteiger partial charge < -0.3 is 10.1 Å². The quantitative estimate of drug-likeness (QED) is 0.819. The van der Waals surface area contributed by atoms with E-state index in [2.05, 4.69) is 10.4 Å². The highest BCUT2D eigenvalue weighted by molar-refractivity contribution is 5.67. The van der Waals surface area contributed by atoms with Crippen LogP contribution in [0.4, 0.5) is 4.79 Å². The van der Waals surface area contributed by atoms with E-state index >= 15 is 0 Å². The van der Waals surface area contributed by atoms with Gasteiger partial charge in [0.2, 0.25) is 0 Å². The summed E-state index contributed by atoms with van der Waals surface area (Å²) in [6.07, 6.45) is 3.08. The number of hydrogen-bond donors (Lipinski definition) is 1. The van der Waals surface area contributed by atoms with Crippen molar-refractivity contribution in [2.24, 2.45) is 0 Å². The van der Waals surface area contributed by atoms with Crippen molar-refractivity contribution >= 4 is 6.09 Å². The highest BCUT2D eigenvalue weighted by Gasteiger charge is 2.09. The molecular formula is C10H17N3O2. The first-order valence-corrected chi connectivity index (χ1v) is 5.02. The molecule has 1 atom stereocenters. The molecule has 1 N–H and O–H groups in total. The molecule has 1 aromatic heterocycles. The van der Waals surface area contributed by atoms with E-state index in [-0.39, 0.29) is 18.2 Å². The number of nitrogens with one attached hydrogen (secondary N) is 1. The first kappa shape index (κ1) is 11.6. The maximum absolute atomic E-state index is 11.2. The summed E-state index contributed by atoms with van der Waals surface area (Å²) < 4.78 is 6.72. The fourth-order valence-corrected chi connectivity index (χ4v) is 1.18. The van der Waals surface area contributed by atoms with Gasteiger partial charge in [-0.05, 0) is 26.8 Å². The minimum absolute atomic E-state index is 0.00356. The lowest BCUT2D eigenvalue weighted by Crippen LogP contribution is -2.37. The summed E-state index contributed by atoms with van der Waals surface area (Å²) in [6.45, 7) is 6.18. The predicted molar refractivity (Wildman–Crippen MR) is 56.4 cm³/mol. The Morgan fingerprint density at radius 1 is 1.53 bits per heavy atom. The number of rotatable bonds is 4. The lowest BCUT2D eigenvalue weighted by atomic mass is 10.3. The fourth-order valence-electron chi connectivity index (χ4n) is 1.18. The second kappa shape index (κ2) is 5.38. The van der Waals surface area contributed by atoms with Crippen LogP contribution in [0.3, 0.4) is 0 Å². The molecule has 1 amide bonds. The minimum atomic E-state index is -0.385. The number of alkyl carbamates (subject to hydrolysis) is 1. The van der Waals surface area contributed by atoms with Crippen molar-refractivity contribution in [1.29, 1.82) is 0 Å².